The molecule has 0 fully saturated rings. The van der Waals surface area contributed by atoms with Crippen molar-refractivity contribution in [3.05, 3.63) is 0 Å². The number of guanidine groups is 1. The number of aliphatic imine (C=N–C) groups is 1. The molecule has 0 bridgehead atoms. The number of aliphatic hydroxyl groups is 1. The first-order chi connectivity index (χ1) is 5.13. The average molecular weight is 159 g/mol. The lowest BCUT2D eigenvalue weighted by molar-refractivity contribution is 0.255. The zero-order chi connectivity index (χ0) is 8.85. The zero-order valence-corrected chi connectivity index (χ0v) is 7.70. The lowest BCUT2D eigenvalue weighted by Gasteiger charge is -2.25. The van der Waals surface area contributed by atoms with Crippen LogP contribution in [0.15, 0.2) is 4.99 Å². The summed E-state index contributed by atoms with van der Waals surface area (Å²) in [5.41, 5.74) is 0. The number of aliphatic hydroxyl groups excluding tert-OH is 1. The van der Waals surface area contributed by atoms with Gasteiger partial charge in [-0.25, -0.2) is 0 Å². The van der Waals surface area contributed by atoms with Crippen LogP contribution in [0.5, 0.6) is 0 Å². The van der Waals surface area contributed by atoms with Gasteiger partial charge >= 0.3 is 0 Å². The summed E-state index contributed by atoms with van der Waals surface area (Å²) >= 11 is 0. The monoisotopic (exact) mass is 159 g/mol. The van der Waals surface area contributed by atoms with Crippen molar-refractivity contribution in [2.24, 2.45) is 4.99 Å². The molecule has 0 aromatic carbocycles. The summed E-state index contributed by atoms with van der Waals surface area (Å²) in [7, 11) is 7.49. The van der Waals surface area contributed by atoms with Crippen LogP contribution >= 0.6 is 0 Å². The smallest absolute Gasteiger partial charge is 0.195 e. The molecule has 0 aliphatic carbocycles. The van der Waals surface area contributed by atoms with Crippen molar-refractivity contribution in [1.29, 1.82) is 0 Å². The number of nitrogens with zero attached hydrogens (tertiary/aromatic N) is 3. The second-order valence-electron chi connectivity index (χ2n) is 2.56. The van der Waals surface area contributed by atoms with Crippen LogP contribution in [0.3, 0.4) is 0 Å². The van der Waals surface area contributed by atoms with E-state index in [1.165, 1.54) is 0 Å². The molecule has 1 N–H and O–H groups in total. The fraction of sp³-hybridized carbons (Fsp3) is 0.857. The highest BCUT2D eigenvalue weighted by molar-refractivity contribution is 5.79. The quantitative estimate of drug-likeness (QED) is 0.434. The van der Waals surface area contributed by atoms with E-state index in [9.17, 15) is 0 Å². The highest BCUT2D eigenvalue weighted by Gasteiger charge is 2.05. The first-order valence-corrected chi connectivity index (χ1v) is 3.59. The fourth-order valence-corrected chi connectivity index (χ4v) is 0.962. The molecule has 0 rings (SSSR count). The summed E-state index contributed by atoms with van der Waals surface area (Å²) in [6, 6.07) is 0. The van der Waals surface area contributed by atoms with Gasteiger partial charge in [-0.1, -0.05) is 0 Å². The summed E-state index contributed by atoms with van der Waals surface area (Å²) in [6.45, 7) is 0.772. The highest BCUT2D eigenvalue weighted by atomic mass is 16.3. The van der Waals surface area contributed by atoms with Gasteiger partial charge in [0.25, 0.3) is 0 Å². The van der Waals surface area contributed by atoms with Crippen LogP contribution in [0.4, 0.5) is 0 Å². The van der Waals surface area contributed by atoms with E-state index >= 15 is 0 Å². The Balaban J connectivity index is 4.04. The van der Waals surface area contributed by atoms with E-state index in [4.69, 9.17) is 5.11 Å². The van der Waals surface area contributed by atoms with E-state index in [0.717, 1.165) is 5.96 Å². The van der Waals surface area contributed by atoms with Gasteiger partial charge in [0.1, 0.15) is 0 Å². The van der Waals surface area contributed by atoms with Gasteiger partial charge < -0.3 is 14.9 Å². The molecule has 0 atom stereocenters. The molecular formula is C7H17N3O. The summed E-state index contributed by atoms with van der Waals surface area (Å²) in [6.07, 6.45) is 0. The Bertz CT molecular complexity index is 134. The molecule has 0 aromatic rings. The normalized spacial score (nSPS) is 11.5. The van der Waals surface area contributed by atoms with E-state index in [1.54, 1.807) is 7.05 Å². The van der Waals surface area contributed by atoms with Gasteiger partial charge in [0, 0.05) is 34.7 Å². The minimum absolute atomic E-state index is 0.156. The van der Waals surface area contributed by atoms with Gasteiger partial charge in [0.15, 0.2) is 5.96 Å². The van der Waals surface area contributed by atoms with Crippen molar-refractivity contribution in [3.8, 4) is 0 Å². The Morgan fingerprint density at radius 1 is 1.36 bits per heavy atom. The molecule has 66 valence electrons. The van der Waals surface area contributed by atoms with Gasteiger partial charge in [0.2, 0.25) is 0 Å². The van der Waals surface area contributed by atoms with Crippen LogP contribution in [0.25, 0.3) is 0 Å². The second-order valence-corrected chi connectivity index (χ2v) is 2.56. The van der Waals surface area contributed by atoms with Crippen molar-refractivity contribution >= 4 is 5.96 Å². The summed E-state index contributed by atoms with van der Waals surface area (Å²) in [5.74, 6) is 0.874. The SMILES string of the molecule is CN=C(N(C)C)N(C)CCO. The molecule has 11 heavy (non-hydrogen) atoms. The molecule has 0 spiro atoms. The van der Waals surface area contributed by atoms with Gasteiger partial charge in [-0.2, -0.15) is 0 Å². The largest absolute Gasteiger partial charge is 0.395 e. The molecule has 4 nitrogen and oxygen atoms in total. The van der Waals surface area contributed by atoms with Crippen LogP contribution in [-0.4, -0.2) is 62.2 Å². The Hall–Kier alpha value is -0.770. The lowest BCUT2D eigenvalue weighted by atomic mass is 10.6. The standard InChI is InChI=1S/C7H17N3O/c1-8-7(9(2)3)10(4)5-6-11/h11H,5-6H2,1-4H3. The summed E-state index contributed by atoms with van der Waals surface area (Å²) in [4.78, 5) is 7.88. The maximum absolute atomic E-state index is 8.65. The average Bonchev–Trinajstić information content (AvgIpc) is 1.88. The first-order valence-electron chi connectivity index (χ1n) is 3.59. The molecular weight excluding hydrogens is 142 g/mol. The molecule has 0 radical (unpaired) electrons. The molecule has 0 heterocycles. The number of likely N-dealkylation sites (N-methyl/N-ethyl adjacent to an activating group) is 1. The van der Waals surface area contributed by atoms with E-state index < -0.39 is 0 Å². The minimum atomic E-state index is 0.156. The van der Waals surface area contributed by atoms with E-state index in [2.05, 4.69) is 4.99 Å². The Morgan fingerprint density at radius 2 is 1.91 bits per heavy atom. The molecule has 0 aromatic heterocycles. The van der Waals surface area contributed by atoms with Crippen LogP contribution in [0.1, 0.15) is 0 Å². The number of hydrogen-bond acceptors (Lipinski definition) is 2. The van der Waals surface area contributed by atoms with Crippen LogP contribution in [0, 0.1) is 0 Å². The highest BCUT2D eigenvalue weighted by Crippen LogP contribution is 1.89. The van der Waals surface area contributed by atoms with Crippen LogP contribution in [-0.2, 0) is 0 Å². The second kappa shape index (κ2) is 4.96. The summed E-state index contributed by atoms with van der Waals surface area (Å²) < 4.78 is 0. The molecule has 0 unspecified atom stereocenters. The predicted octanol–water partition coefficient (Wildman–Crippen LogP) is -0.542. The third-order valence-corrected chi connectivity index (χ3v) is 1.38. The van der Waals surface area contributed by atoms with E-state index in [0.29, 0.717) is 6.54 Å². The number of rotatable bonds is 2. The lowest BCUT2D eigenvalue weighted by Crippen LogP contribution is -2.39. The Labute approximate surface area is 68.1 Å². The minimum Gasteiger partial charge on any atom is -0.395 e. The molecule has 0 amide bonds. The number of hydrogen-bond donors (Lipinski definition) is 1. The molecule has 4 heteroatoms. The molecule has 0 aliphatic heterocycles. The molecule has 0 saturated carbocycles. The third kappa shape index (κ3) is 3.23. The third-order valence-electron chi connectivity index (χ3n) is 1.38. The van der Waals surface area contributed by atoms with Crippen molar-refractivity contribution in [1.82, 2.24) is 9.80 Å². The fourth-order valence-electron chi connectivity index (χ4n) is 0.962. The van der Waals surface area contributed by atoms with Gasteiger partial charge in [-0.05, 0) is 0 Å². The van der Waals surface area contributed by atoms with E-state index in [1.807, 2.05) is 30.9 Å². The zero-order valence-electron chi connectivity index (χ0n) is 7.70. The molecule has 0 aliphatic rings. The van der Waals surface area contributed by atoms with Crippen molar-refractivity contribution in [2.45, 2.75) is 0 Å². The first kappa shape index (κ1) is 10.2. The van der Waals surface area contributed by atoms with Gasteiger partial charge in [-0.3, -0.25) is 4.99 Å². The van der Waals surface area contributed by atoms with Crippen LogP contribution < -0.4 is 0 Å². The Morgan fingerprint density at radius 3 is 2.18 bits per heavy atom. The maximum atomic E-state index is 8.65. The van der Waals surface area contributed by atoms with Crippen molar-refractivity contribution in [3.63, 3.8) is 0 Å². The van der Waals surface area contributed by atoms with E-state index in [-0.39, 0.29) is 6.61 Å². The van der Waals surface area contributed by atoms with Gasteiger partial charge in [-0.15, -0.1) is 0 Å². The van der Waals surface area contributed by atoms with Gasteiger partial charge in [0.05, 0.1) is 6.61 Å². The van der Waals surface area contributed by atoms with Crippen LogP contribution in [0.2, 0.25) is 0 Å². The maximum Gasteiger partial charge on any atom is 0.195 e. The van der Waals surface area contributed by atoms with Crippen molar-refractivity contribution < 1.29 is 5.11 Å². The molecule has 0 saturated heterocycles. The summed E-state index contributed by atoms with van der Waals surface area (Å²) in [5, 5.41) is 8.65. The topological polar surface area (TPSA) is 39.1 Å². The predicted molar refractivity (Wildman–Crippen MR) is 46.8 cm³/mol. The van der Waals surface area contributed by atoms with Crippen molar-refractivity contribution in [2.75, 3.05) is 41.3 Å². The Kier molecular flexibility index (Phi) is 4.61.